The molecule has 78 heavy (non-hydrogen) atoms. The Balaban J connectivity index is 1.08. The number of phenols is 6. The molecule has 0 amide bonds. The van der Waals surface area contributed by atoms with Gasteiger partial charge in [0.05, 0.1) is 18.2 Å². The number of carbonyl (C=O) groups is 2. The molecule has 4 heterocycles. The van der Waals surface area contributed by atoms with Crippen LogP contribution in [0.3, 0.4) is 0 Å². The van der Waals surface area contributed by atoms with Crippen LogP contribution in [0.2, 0.25) is 0 Å². The van der Waals surface area contributed by atoms with Crippen molar-refractivity contribution in [1.29, 1.82) is 0 Å². The maximum atomic E-state index is 12.6. The first-order valence-corrected chi connectivity index (χ1v) is 23.5. The highest BCUT2D eigenvalue weighted by Crippen LogP contribution is 2.47. The second-order valence-corrected chi connectivity index (χ2v) is 18.0. The summed E-state index contributed by atoms with van der Waals surface area (Å²) in [6.45, 7) is -2.34. The lowest BCUT2D eigenvalue weighted by Crippen LogP contribution is -2.60. The van der Waals surface area contributed by atoms with Gasteiger partial charge in [0.1, 0.15) is 109 Å². The fraction of sp³-hybridized carbons (Fsp3) is 0.353. The van der Waals surface area contributed by atoms with E-state index in [0.29, 0.717) is 11.1 Å². The number of fused-ring (bicyclic) bond motifs is 1. The number of carbonyl (C=O) groups excluding carboxylic acids is 2. The highest BCUT2D eigenvalue weighted by atomic mass is 16.7. The van der Waals surface area contributed by atoms with Crippen molar-refractivity contribution >= 4 is 35.1 Å². The summed E-state index contributed by atoms with van der Waals surface area (Å²) in [6.07, 6.45) is -23.7. The highest BCUT2D eigenvalue weighted by Gasteiger charge is 2.49. The molecule has 418 valence electrons. The number of benzene rings is 4. The molecule has 1 aromatic heterocycles. The van der Waals surface area contributed by atoms with Crippen LogP contribution in [0.5, 0.6) is 51.7 Å². The normalized spacial score (nSPS) is 29.3. The summed E-state index contributed by atoms with van der Waals surface area (Å²) in [5.74, 6) is -7.47. The predicted octanol–water partition coefficient (Wildman–Crippen LogP) is -1.32. The zero-order valence-electron chi connectivity index (χ0n) is 40.2. The van der Waals surface area contributed by atoms with E-state index in [0.717, 1.165) is 48.6 Å². The van der Waals surface area contributed by atoms with Crippen LogP contribution in [-0.2, 0) is 33.3 Å². The van der Waals surface area contributed by atoms with Crippen LogP contribution in [-0.4, -0.2) is 206 Å². The van der Waals surface area contributed by atoms with Gasteiger partial charge in [-0.25, -0.2) is 14.0 Å². The van der Waals surface area contributed by atoms with Gasteiger partial charge in [-0.3, -0.25) is 0 Å². The zero-order valence-corrected chi connectivity index (χ0v) is 40.2. The molecule has 3 aliphatic heterocycles. The summed E-state index contributed by atoms with van der Waals surface area (Å²) in [4.78, 5) is 25.1. The quantitative estimate of drug-likeness (QED) is 0.0236. The highest BCUT2D eigenvalue weighted by molar-refractivity contribution is 5.90. The monoisotopic (exact) mass is 1100 g/mol. The molecule has 0 radical (unpaired) electrons. The molecule has 3 saturated heterocycles. The third kappa shape index (κ3) is 12.5. The van der Waals surface area contributed by atoms with Gasteiger partial charge < -0.3 is 120 Å². The van der Waals surface area contributed by atoms with Crippen LogP contribution in [0.25, 0.3) is 34.4 Å². The summed E-state index contributed by atoms with van der Waals surface area (Å²) in [5.41, 5.74) is 0.187. The number of aliphatic hydroxyl groups excluding tert-OH is 10. The lowest BCUT2D eigenvalue weighted by atomic mass is 9.99. The molecule has 0 bridgehead atoms. The summed E-state index contributed by atoms with van der Waals surface area (Å²) in [6, 6.07) is 14.5. The predicted molar refractivity (Wildman–Crippen MR) is 258 cm³/mol. The van der Waals surface area contributed by atoms with E-state index in [1.807, 2.05) is 0 Å². The van der Waals surface area contributed by atoms with Crippen molar-refractivity contribution < 1.29 is 134 Å². The summed E-state index contributed by atoms with van der Waals surface area (Å²) >= 11 is 0. The zero-order chi connectivity index (χ0) is 56.3. The molecule has 0 saturated carbocycles. The van der Waals surface area contributed by atoms with Crippen molar-refractivity contribution in [2.45, 2.75) is 92.1 Å². The van der Waals surface area contributed by atoms with Crippen LogP contribution >= 0.6 is 0 Å². The second kappa shape index (κ2) is 24.0. The Labute approximate surface area is 438 Å². The van der Waals surface area contributed by atoms with E-state index in [1.54, 1.807) is 0 Å². The summed E-state index contributed by atoms with van der Waals surface area (Å²) in [5, 5.41) is 169. The van der Waals surface area contributed by atoms with E-state index in [2.05, 4.69) is 0 Å². The van der Waals surface area contributed by atoms with Crippen molar-refractivity contribution in [3.63, 3.8) is 0 Å². The molecular formula is C51H53O27+. The number of hydrogen-bond donors (Lipinski definition) is 16. The van der Waals surface area contributed by atoms with Gasteiger partial charge in [0.2, 0.25) is 30.4 Å². The van der Waals surface area contributed by atoms with E-state index < -0.39 is 176 Å². The van der Waals surface area contributed by atoms with Crippen molar-refractivity contribution in [2.75, 3.05) is 19.8 Å². The average molecular weight is 1100 g/mol. The lowest BCUT2D eigenvalue weighted by Gasteiger charge is -2.40. The van der Waals surface area contributed by atoms with Crippen LogP contribution in [0.4, 0.5) is 0 Å². The first-order valence-electron chi connectivity index (χ1n) is 23.5. The van der Waals surface area contributed by atoms with E-state index in [-0.39, 0.29) is 22.3 Å². The van der Waals surface area contributed by atoms with E-state index in [9.17, 15) is 91.3 Å². The van der Waals surface area contributed by atoms with Gasteiger partial charge in [-0.2, -0.15) is 0 Å². The van der Waals surface area contributed by atoms with Gasteiger partial charge in [0, 0.05) is 36.4 Å². The third-order valence-electron chi connectivity index (χ3n) is 12.5. The summed E-state index contributed by atoms with van der Waals surface area (Å²) < 4.78 is 51.2. The SMILES string of the molecule is O=C(C=Cc1ccc(O)cc1)OC[C@H]1O[C@@H](Oc2cc(-c3[o+]c4cc(O)cc(O[C@@H]5O[C@H](COC(=O)C=Cc6ccc(O)c(O)c6)[C@@H](O)[C@H](O)[C@H]5O)c4cc3O[C@@H]3O[C@H](CO)[C@@H](O)[C@H](O)[C@H]3O)cc(O)c2O)[C@H](O)[C@@H](O)[C@@H]1O. The summed E-state index contributed by atoms with van der Waals surface area (Å²) in [7, 11) is 0. The van der Waals surface area contributed by atoms with E-state index >= 15 is 0 Å². The minimum absolute atomic E-state index is 0.0113. The topological polar surface area (TPSA) is 443 Å². The number of rotatable bonds is 16. The number of ether oxygens (including phenoxy) is 8. The van der Waals surface area contributed by atoms with Gasteiger partial charge in [-0.15, -0.1) is 0 Å². The fourth-order valence-electron chi connectivity index (χ4n) is 8.20. The van der Waals surface area contributed by atoms with Gasteiger partial charge in [-0.1, -0.05) is 18.2 Å². The second-order valence-electron chi connectivity index (χ2n) is 18.0. The number of hydrogen-bond acceptors (Lipinski definition) is 26. The Morgan fingerprint density at radius 3 is 1.54 bits per heavy atom. The maximum absolute atomic E-state index is 12.6. The Morgan fingerprint density at radius 1 is 0.487 bits per heavy atom. The van der Waals surface area contributed by atoms with Gasteiger partial charge in [0.15, 0.2) is 23.0 Å². The largest absolute Gasteiger partial charge is 0.508 e. The Bertz CT molecular complexity index is 3000. The molecule has 8 rings (SSSR count). The standard InChI is InChI=1S/C51H52O27/c52-17-33-39(61)42(64)45(67)51(76-33)75-32-16-25-29(14-24(54)15-30(25)73-49-46(68)43(65)40(62)34(77-49)18-71-37(59)10-5-21-3-8-26(55)27(56)11-21)72-48(32)22-12-28(57)38(60)31(13-22)74-50-47(69)44(66)41(63)35(78-50)19-70-36(58)9-4-20-1-6-23(53)7-2-20/h1-16,33-35,39-47,49-52,61-69H,17-19H2,(H5-,53,54,55,56,57,58,59,60)/p+1/t33-,34-,35-,39-,40-,41-,42+,43+,44+,45-,46-,47-,49-,50-,51-/m1/s1. The number of esters is 2. The fourth-order valence-corrected chi connectivity index (χ4v) is 8.20. The molecule has 0 unspecified atom stereocenters. The first kappa shape index (κ1) is 56.6. The third-order valence-corrected chi connectivity index (χ3v) is 12.5. The van der Waals surface area contributed by atoms with Crippen LogP contribution in [0.15, 0.2) is 89.4 Å². The van der Waals surface area contributed by atoms with Gasteiger partial charge in [0.25, 0.3) is 0 Å². The Morgan fingerprint density at radius 2 is 0.987 bits per heavy atom. The van der Waals surface area contributed by atoms with E-state index in [4.69, 9.17) is 42.3 Å². The molecule has 27 nitrogen and oxygen atoms in total. The molecule has 16 N–H and O–H groups in total. The molecule has 27 heteroatoms. The van der Waals surface area contributed by atoms with Crippen LogP contribution in [0, 0.1) is 0 Å². The number of aromatic hydroxyl groups is 6. The molecule has 5 aromatic rings. The molecule has 15 atom stereocenters. The molecule has 3 aliphatic rings. The minimum atomic E-state index is -2.07. The number of phenolic OH excluding ortho intramolecular Hbond substituents is 6. The molecule has 0 spiro atoms. The van der Waals surface area contributed by atoms with Crippen molar-refractivity contribution in [2.24, 2.45) is 0 Å². The minimum Gasteiger partial charge on any atom is -0.508 e. The average Bonchev–Trinajstić information content (AvgIpc) is 3.41. The van der Waals surface area contributed by atoms with Crippen molar-refractivity contribution in [3.05, 3.63) is 96.1 Å². The lowest BCUT2D eigenvalue weighted by molar-refractivity contribution is -0.278. The Hall–Kier alpha value is -7.61. The van der Waals surface area contributed by atoms with E-state index in [1.165, 1.54) is 48.6 Å². The van der Waals surface area contributed by atoms with Crippen molar-refractivity contribution in [3.8, 4) is 63.1 Å². The first-order chi connectivity index (χ1) is 37.1. The van der Waals surface area contributed by atoms with Crippen LogP contribution < -0.4 is 14.2 Å². The van der Waals surface area contributed by atoms with Crippen LogP contribution in [0.1, 0.15) is 11.1 Å². The molecule has 0 aliphatic carbocycles. The van der Waals surface area contributed by atoms with Gasteiger partial charge >= 0.3 is 23.3 Å². The van der Waals surface area contributed by atoms with Crippen molar-refractivity contribution in [1.82, 2.24) is 0 Å². The molecular weight excluding hydrogens is 1040 g/mol. The van der Waals surface area contributed by atoms with Gasteiger partial charge in [-0.05, 0) is 47.5 Å². The maximum Gasteiger partial charge on any atom is 0.402 e. The molecule has 4 aromatic carbocycles. The smallest absolute Gasteiger partial charge is 0.402 e. The molecule has 3 fully saturated rings. The Kier molecular flexibility index (Phi) is 17.4. The number of aliphatic hydroxyl groups is 10.